The Morgan fingerprint density at radius 3 is 2.93 bits per heavy atom. The minimum Gasteiger partial charge on any atom is -0.192 e. The molecular weight excluding hydrogens is 234 g/mol. The first-order chi connectivity index (χ1) is 6.76. The Kier molecular flexibility index (Phi) is 2.69. The fourth-order valence-corrected chi connectivity index (χ4v) is 3.53. The molecule has 0 fully saturated rings. The Morgan fingerprint density at radius 2 is 2.29 bits per heavy atom. The number of halogens is 1. The van der Waals surface area contributed by atoms with Crippen molar-refractivity contribution in [2.45, 2.75) is 4.90 Å². The summed E-state index contributed by atoms with van der Waals surface area (Å²) in [6.07, 6.45) is 2.01. The lowest BCUT2D eigenvalue weighted by molar-refractivity contribution is 1.49. The van der Waals surface area contributed by atoms with Crippen LogP contribution in [0.4, 0.5) is 0 Å². The van der Waals surface area contributed by atoms with Crippen LogP contribution in [0.2, 0.25) is 5.02 Å². The molecule has 0 unspecified atom stereocenters. The third-order valence-electron chi connectivity index (χ3n) is 1.95. The van der Waals surface area contributed by atoms with Crippen molar-refractivity contribution >= 4 is 44.8 Å². The lowest BCUT2D eigenvalue weighted by atomic mass is 10.1. The summed E-state index contributed by atoms with van der Waals surface area (Å²) in [4.78, 5) is 1.15. The van der Waals surface area contributed by atoms with Gasteiger partial charge in [-0.2, -0.15) is 5.26 Å². The Bertz CT molecular complexity index is 525. The van der Waals surface area contributed by atoms with E-state index in [1.54, 1.807) is 29.2 Å². The molecule has 0 aliphatic carbocycles. The van der Waals surface area contributed by atoms with E-state index in [1.807, 2.05) is 12.3 Å². The minimum absolute atomic E-state index is 0.628. The molecule has 70 valence electrons. The van der Waals surface area contributed by atoms with E-state index in [4.69, 9.17) is 16.9 Å². The molecule has 0 aliphatic rings. The number of benzene rings is 1. The van der Waals surface area contributed by atoms with Gasteiger partial charge in [-0.15, -0.1) is 23.1 Å². The first-order valence-electron chi connectivity index (χ1n) is 3.91. The van der Waals surface area contributed by atoms with Crippen LogP contribution in [-0.4, -0.2) is 6.26 Å². The number of nitrogens with zero attached hydrogens (tertiary/aromatic N) is 1. The highest BCUT2D eigenvalue weighted by atomic mass is 35.5. The van der Waals surface area contributed by atoms with Crippen molar-refractivity contribution in [2.75, 3.05) is 6.26 Å². The summed E-state index contributed by atoms with van der Waals surface area (Å²) < 4.78 is 1.08. The van der Waals surface area contributed by atoms with E-state index in [1.165, 1.54) is 0 Å². The Hall–Kier alpha value is -0.690. The number of nitriles is 1. The van der Waals surface area contributed by atoms with E-state index < -0.39 is 0 Å². The Balaban J connectivity index is 2.87. The molecule has 0 saturated carbocycles. The SMILES string of the molecule is CSc1csc2cc(Cl)cc(C#N)c12. The van der Waals surface area contributed by atoms with Gasteiger partial charge in [0.1, 0.15) is 0 Å². The van der Waals surface area contributed by atoms with Gasteiger partial charge in [0.15, 0.2) is 0 Å². The van der Waals surface area contributed by atoms with Crippen LogP contribution in [0.1, 0.15) is 5.56 Å². The second-order valence-electron chi connectivity index (χ2n) is 2.74. The summed E-state index contributed by atoms with van der Waals surface area (Å²) >= 11 is 9.19. The summed E-state index contributed by atoms with van der Waals surface area (Å²) in [7, 11) is 0. The lowest BCUT2D eigenvalue weighted by Crippen LogP contribution is -1.77. The molecule has 1 heterocycles. The van der Waals surface area contributed by atoms with E-state index >= 15 is 0 Å². The molecule has 1 aromatic heterocycles. The summed E-state index contributed by atoms with van der Waals surface area (Å²) in [6.45, 7) is 0. The molecule has 0 spiro atoms. The summed E-state index contributed by atoms with van der Waals surface area (Å²) in [5.74, 6) is 0. The topological polar surface area (TPSA) is 23.8 Å². The number of fused-ring (bicyclic) bond motifs is 1. The second kappa shape index (κ2) is 3.82. The molecule has 0 N–H and O–H groups in total. The first-order valence-corrected chi connectivity index (χ1v) is 6.39. The number of hydrogen-bond donors (Lipinski definition) is 0. The van der Waals surface area contributed by atoms with E-state index in [0.29, 0.717) is 10.6 Å². The summed E-state index contributed by atoms with van der Waals surface area (Å²) in [6, 6.07) is 5.80. The van der Waals surface area contributed by atoms with Gasteiger partial charge in [-0.3, -0.25) is 0 Å². The van der Waals surface area contributed by atoms with E-state index in [2.05, 4.69) is 11.4 Å². The molecule has 0 bridgehead atoms. The first kappa shape index (κ1) is 9.85. The maximum absolute atomic E-state index is 8.99. The van der Waals surface area contributed by atoms with Gasteiger partial charge in [-0.25, -0.2) is 0 Å². The second-order valence-corrected chi connectivity index (χ2v) is 4.94. The zero-order valence-corrected chi connectivity index (χ0v) is 9.76. The van der Waals surface area contributed by atoms with Gasteiger partial charge in [0.25, 0.3) is 0 Å². The van der Waals surface area contributed by atoms with Crippen molar-refractivity contribution in [3.63, 3.8) is 0 Å². The standard InChI is InChI=1S/C10H6ClNS2/c1-13-9-5-14-8-3-7(11)2-6(4-12)10(8)9/h2-3,5H,1H3. The van der Waals surface area contributed by atoms with Gasteiger partial charge in [0.05, 0.1) is 11.6 Å². The van der Waals surface area contributed by atoms with Crippen molar-refractivity contribution in [1.29, 1.82) is 5.26 Å². The molecule has 0 aliphatic heterocycles. The quantitative estimate of drug-likeness (QED) is 0.698. The fraction of sp³-hybridized carbons (Fsp3) is 0.100. The molecule has 0 amide bonds. The van der Waals surface area contributed by atoms with E-state index in [-0.39, 0.29) is 0 Å². The van der Waals surface area contributed by atoms with Crippen LogP contribution in [0.25, 0.3) is 10.1 Å². The average Bonchev–Trinajstić information content (AvgIpc) is 2.59. The number of rotatable bonds is 1. The molecule has 0 radical (unpaired) electrons. The Morgan fingerprint density at radius 1 is 1.50 bits per heavy atom. The highest BCUT2D eigenvalue weighted by Crippen LogP contribution is 2.36. The maximum Gasteiger partial charge on any atom is 0.0999 e. The van der Waals surface area contributed by atoms with Crippen LogP contribution in [0.3, 0.4) is 0 Å². The number of thioether (sulfide) groups is 1. The third kappa shape index (κ3) is 1.50. The molecule has 0 saturated heterocycles. The molecule has 1 aromatic carbocycles. The van der Waals surface area contributed by atoms with E-state index in [9.17, 15) is 0 Å². The van der Waals surface area contributed by atoms with Gasteiger partial charge in [-0.05, 0) is 18.4 Å². The van der Waals surface area contributed by atoms with Gasteiger partial charge >= 0.3 is 0 Å². The van der Waals surface area contributed by atoms with Crippen molar-refractivity contribution in [3.05, 3.63) is 28.1 Å². The molecule has 2 aromatic rings. The van der Waals surface area contributed by atoms with Crippen LogP contribution < -0.4 is 0 Å². The van der Waals surface area contributed by atoms with Gasteiger partial charge < -0.3 is 0 Å². The number of thiophene rings is 1. The van der Waals surface area contributed by atoms with Crippen LogP contribution >= 0.6 is 34.7 Å². The lowest BCUT2D eigenvalue weighted by Gasteiger charge is -1.97. The molecule has 2 rings (SSSR count). The minimum atomic E-state index is 0.628. The largest absolute Gasteiger partial charge is 0.192 e. The van der Waals surface area contributed by atoms with Crippen molar-refractivity contribution in [2.24, 2.45) is 0 Å². The monoisotopic (exact) mass is 239 g/mol. The molecule has 14 heavy (non-hydrogen) atoms. The molecule has 4 heteroatoms. The van der Waals surface area contributed by atoms with Crippen LogP contribution in [-0.2, 0) is 0 Å². The van der Waals surface area contributed by atoms with Gasteiger partial charge in [0, 0.05) is 25.4 Å². The molecule has 0 atom stereocenters. The van der Waals surface area contributed by atoms with Gasteiger partial charge in [-0.1, -0.05) is 11.6 Å². The predicted molar refractivity (Wildman–Crippen MR) is 63.3 cm³/mol. The maximum atomic E-state index is 8.99. The smallest absolute Gasteiger partial charge is 0.0999 e. The zero-order valence-electron chi connectivity index (χ0n) is 7.37. The van der Waals surface area contributed by atoms with Crippen LogP contribution in [0, 0.1) is 11.3 Å². The third-order valence-corrected chi connectivity index (χ3v) is 4.01. The highest BCUT2D eigenvalue weighted by Gasteiger charge is 2.09. The van der Waals surface area contributed by atoms with Crippen molar-refractivity contribution in [1.82, 2.24) is 0 Å². The predicted octanol–water partition coefficient (Wildman–Crippen LogP) is 4.15. The normalized spacial score (nSPS) is 10.4. The summed E-state index contributed by atoms with van der Waals surface area (Å²) in [5, 5.41) is 12.7. The van der Waals surface area contributed by atoms with Gasteiger partial charge in [0.2, 0.25) is 0 Å². The van der Waals surface area contributed by atoms with Crippen molar-refractivity contribution < 1.29 is 0 Å². The zero-order chi connectivity index (χ0) is 10.1. The Labute approximate surface area is 95.3 Å². The van der Waals surface area contributed by atoms with E-state index in [0.717, 1.165) is 15.0 Å². The van der Waals surface area contributed by atoms with Crippen LogP contribution in [0.5, 0.6) is 0 Å². The van der Waals surface area contributed by atoms with Crippen LogP contribution in [0.15, 0.2) is 22.4 Å². The number of hydrogen-bond acceptors (Lipinski definition) is 3. The highest BCUT2D eigenvalue weighted by molar-refractivity contribution is 7.99. The summed E-state index contributed by atoms with van der Waals surface area (Å²) in [5.41, 5.74) is 0.665. The molecule has 1 nitrogen and oxygen atoms in total. The fourth-order valence-electron chi connectivity index (χ4n) is 1.34. The van der Waals surface area contributed by atoms with Crippen molar-refractivity contribution in [3.8, 4) is 6.07 Å². The average molecular weight is 240 g/mol. The molecular formula is C10H6ClNS2.